The van der Waals surface area contributed by atoms with Crippen molar-refractivity contribution in [3.63, 3.8) is 0 Å². The van der Waals surface area contributed by atoms with Gasteiger partial charge in [-0.25, -0.2) is 17.8 Å². The minimum atomic E-state index is -3.71. The van der Waals surface area contributed by atoms with E-state index in [4.69, 9.17) is 0 Å². The lowest BCUT2D eigenvalue weighted by Gasteiger charge is -2.25. The normalized spacial score (nSPS) is 15.1. The summed E-state index contributed by atoms with van der Waals surface area (Å²) < 4.78 is 40.3. The first-order valence-corrected chi connectivity index (χ1v) is 10.1. The van der Waals surface area contributed by atoms with E-state index in [1.165, 1.54) is 33.8 Å². The first-order valence-electron chi connectivity index (χ1n) is 7.84. The molecule has 4 rings (SSSR count). The zero-order chi connectivity index (χ0) is 17.4. The Balaban J connectivity index is 1.64. The molecule has 2 aromatic carbocycles. The van der Waals surface area contributed by atoms with Crippen molar-refractivity contribution >= 4 is 21.4 Å². The van der Waals surface area contributed by atoms with Crippen LogP contribution in [0.5, 0.6) is 0 Å². The summed E-state index contributed by atoms with van der Waals surface area (Å²) in [6, 6.07) is 15.0. The highest BCUT2D eigenvalue weighted by Gasteiger charge is 2.30. The van der Waals surface area contributed by atoms with Gasteiger partial charge in [0.25, 0.3) is 0 Å². The molecule has 4 nitrogen and oxygen atoms in total. The predicted molar refractivity (Wildman–Crippen MR) is 95.2 cm³/mol. The van der Waals surface area contributed by atoms with Crippen LogP contribution in [0.25, 0.3) is 10.6 Å². The molecule has 0 saturated heterocycles. The molecule has 0 N–H and O–H groups in total. The molecule has 0 saturated carbocycles. The van der Waals surface area contributed by atoms with Crippen molar-refractivity contribution < 1.29 is 12.8 Å². The zero-order valence-corrected chi connectivity index (χ0v) is 14.9. The molecule has 1 aliphatic rings. The van der Waals surface area contributed by atoms with Crippen molar-refractivity contribution in [2.45, 2.75) is 17.9 Å². The van der Waals surface area contributed by atoms with E-state index in [0.717, 1.165) is 27.2 Å². The van der Waals surface area contributed by atoms with Crippen LogP contribution in [0.15, 0.2) is 59.5 Å². The highest BCUT2D eigenvalue weighted by Crippen LogP contribution is 2.33. The second kappa shape index (κ2) is 6.33. The molecule has 0 unspecified atom stereocenters. The number of hydrogen-bond acceptors (Lipinski definition) is 4. The average molecular weight is 374 g/mol. The largest absolute Gasteiger partial charge is 0.243 e. The van der Waals surface area contributed by atoms with Crippen LogP contribution in [-0.2, 0) is 23.0 Å². The number of fused-ring (bicyclic) bond motifs is 1. The highest BCUT2D eigenvalue weighted by atomic mass is 32.2. The maximum atomic E-state index is 13.4. The Bertz CT molecular complexity index is 1020. The second-order valence-electron chi connectivity index (χ2n) is 5.80. The van der Waals surface area contributed by atoms with Crippen LogP contribution in [0.2, 0.25) is 0 Å². The molecule has 1 aliphatic heterocycles. The molecule has 0 amide bonds. The number of aromatic nitrogens is 1. The van der Waals surface area contributed by atoms with Gasteiger partial charge in [-0.1, -0.05) is 36.4 Å². The Hall–Kier alpha value is -2.09. The number of thiazole rings is 1. The number of hydrogen-bond donors (Lipinski definition) is 0. The summed E-state index contributed by atoms with van der Waals surface area (Å²) in [5.41, 5.74) is 1.98. The van der Waals surface area contributed by atoms with Crippen molar-refractivity contribution in [2.24, 2.45) is 0 Å². The van der Waals surface area contributed by atoms with Crippen LogP contribution in [0, 0.1) is 5.82 Å². The maximum absolute atomic E-state index is 13.4. The SMILES string of the molecule is O=S(=O)(c1cccc(F)c1)N1CCc2nc(-c3ccccc3)sc2C1. The van der Waals surface area contributed by atoms with Crippen LogP contribution in [0.4, 0.5) is 4.39 Å². The fraction of sp³-hybridized carbons (Fsp3) is 0.167. The third kappa shape index (κ3) is 3.10. The molecule has 3 aromatic rings. The Morgan fingerprint density at radius 2 is 1.88 bits per heavy atom. The molecule has 0 aliphatic carbocycles. The van der Waals surface area contributed by atoms with E-state index in [1.54, 1.807) is 0 Å². The van der Waals surface area contributed by atoms with Crippen LogP contribution in [-0.4, -0.2) is 24.3 Å². The molecule has 2 heterocycles. The van der Waals surface area contributed by atoms with Gasteiger partial charge in [0.2, 0.25) is 10.0 Å². The van der Waals surface area contributed by atoms with E-state index in [9.17, 15) is 12.8 Å². The van der Waals surface area contributed by atoms with Crippen molar-refractivity contribution in [3.05, 3.63) is 71.0 Å². The van der Waals surface area contributed by atoms with Crippen molar-refractivity contribution in [3.8, 4) is 10.6 Å². The minimum Gasteiger partial charge on any atom is -0.241 e. The van der Waals surface area contributed by atoms with Crippen molar-refractivity contribution in [2.75, 3.05) is 6.54 Å². The van der Waals surface area contributed by atoms with Gasteiger partial charge in [-0.15, -0.1) is 11.3 Å². The van der Waals surface area contributed by atoms with Crippen LogP contribution < -0.4 is 0 Å². The standard InChI is InChI=1S/C18H15FN2O2S2/c19-14-7-4-8-15(11-14)25(22,23)21-10-9-16-17(12-21)24-18(20-16)13-5-2-1-3-6-13/h1-8,11H,9-10,12H2. The number of benzene rings is 2. The van der Waals surface area contributed by atoms with Crippen LogP contribution in [0.1, 0.15) is 10.6 Å². The van der Waals surface area contributed by atoms with Gasteiger partial charge in [0.1, 0.15) is 10.8 Å². The molecule has 128 valence electrons. The molecular weight excluding hydrogens is 359 g/mol. The lowest BCUT2D eigenvalue weighted by Crippen LogP contribution is -2.35. The molecular formula is C18H15FN2O2S2. The van der Waals surface area contributed by atoms with E-state index in [2.05, 4.69) is 4.98 Å². The molecule has 0 bridgehead atoms. The van der Waals surface area contributed by atoms with Gasteiger partial charge in [0, 0.05) is 23.4 Å². The molecule has 25 heavy (non-hydrogen) atoms. The monoisotopic (exact) mass is 374 g/mol. The Morgan fingerprint density at radius 3 is 2.64 bits per heavy atom. The Kier molecular flexibility index (Phi) is 4.15. The molecule has 0 radical (unpaired) electrons. The minimum absolute atomic E-state index is 0.0104. The Morgan fingerprint density at radius 1 is 1.08 bits per heavy atom. The highest BCUT2D eigenvalue weighted by molar-refractivity contribution is 7.89. The average Bonchev–Trinajstić information content (AvgIpc) is 3.06. The molecule has 0 atom stereocenters. The summed E-state index contributed by atoms with van der Waals surface area (Å²) in [6.07, 6.45) is 0.563. The first-order chi connectivity index (χ1) is 12.0. The van der Waals surface area contributed by atoms with E-state index in [-0.39, 0.29) is 11.4 Å². The van der Waals surface area contributed by atoms with Gasteiger partial charge in [-0.3, -0.25) is 0 Å². The maximum Gasteiger partial charge on any atom is 0.243 e. The van der Waals surface area contributed by atoms with Crippen LogP contribution >= 0.6 is 11.3 Å². The lowest BCUT2D eigenvalue weighted by molar-refractivity contribution is 0.392. The number of sulfonamides is 1. The fourth-order valence-electron chi connectivity index (χ4n) is 2.86. The van der Waals surface area contributed by atoms with E-state index >= 15 is 0 Å². The van der Waals surface area contributed by atoms with Crippen molar-refractivity contribution in [1.82, 2.24) is 9.29 Å². The quantitative estimate of drug-likeness (QED) is 0.702. The van der Waals surface area contributed by atoms with E-state index in [0.29, 0.717) is 13.0 Å². The topological polar surface area (TPSA) is 50.3 Å². The van der Waals surface area contributed by atoms with Crippen molar-refractivity contribution in [1.29, 1.82) is 0 Å². The predicted octanol–water partition coefficient (Wildman–Crippen LogP) is 3.70. The third-order valence-electron chi connectivity index (χ3n) is 4.15. The van der Waals surface area contributed by atoms with Gasteiger partial charge in [-0.2, -0.15) is 4.31 Å². The number of nitrogens with zero attached hydrogens (tertiary/aromatic N) is 2. The van der Waals surface area contributed by atoms with Gasteiger partial charge >= 0.3 is 0 Å². The summed E-state index contributed by atoms with van der Waals surface area (Å²) in [5.74, 6) is -0.553. The Labute approximate surface area is 149 Å². The van der Waals surface area contributed by atoms with Gasteiger partial charge in [-0.05, 0) is 18.2 Å². The molecule has 1 aromatic heterocycles. The summed E-state index contributed by atoms with van der Waals surface area (Å²) in [5, 5.41) is 0.899. The van der Waals surface area contributed by atoms with Gasteiger partial charge < -0.3 is 0 Å². The number of halogens is 1. The van der Waals surface area contributed by atoms with Gasteiger partial charge in [0.05, 0.1) is 17.1 Å². The molecule has 0 fully saturated rings. The number of rotatable bonds is 3. The summed E-state index contributed by atoms with van der Waals surface area (Å²) in [6.45, 7) is 0.627. The fourth-order valence-corrected chi connectivity index (χ4v) is 5.51. The van der Waals surface area contributed by atoms with E-state index in [1.807, 2.05) is 30.3 Å². The summed E-state index contributed by atoms with van der Waals surface area (Å²) >= 11 is 1.52. The van der Waals surface area contributed by atoms with Crippen LogP contribution in [0.3, 0.4) is 0 Å². The van der Waals surface area contributed by atoms with Gasteiger partial charge in [0.15, 0.2) is 0 Å². The summed E-state index contributed by atoms with van der Waals surface area (Å²) in [4.78, 5) is 5.60. The third-order valence-corrected chi connectivity index (χ3v) is 7.12. The smallest absolute Gasteiger partial charge is 0.241 e. The van der Waals surface area contributed by atoms with E-state index < -0.39 is 15.8 Å². The first kappa shape index (κ1) is 16.4. The lowest BCUT2D eigenvalue weighted by atomic mass is 10.2. The molecule has 7 heteroatoms. The molecule has 0 spiro atoms. The zero-order valence-electron chi connectivity index (χ0n) is 13.2. The summed E-state index contributed by atoms with van der Waals surface area (Å²) in [7, 11) is -3.71. The second-order valence-corrected chi connectivity index (χ2v) is 8.82.